The molecule has 17 heavy (non-hydrogen) atoms. The van der Waals surface area contributed by atoms with Gasteiger partial charge in [-0.05, 0) is 56.8 Å². The van der Waals surface area contributed by atoms with Crippen LogP contribution in [-0.4, -0.2) is 22.4 Å². The number of aliphatic hydroxyl groups excluding tert-OH is 1. The average Bonchev–Trinajstić information content (AvgIpc) is 2.15. The highest BCUT2D eigenvalue weighted by Crippen LogP contribution is 2.46. The number of hydrogen-bond donors (Lipinski definition) is 2. The molecule has 0 heterocycles. The van der Waals surface area contributed by atoms with Gasteiger partial charge < -0.3 is 10.2 Å². The molecule has 1 fully saturated rings. The average molecular weight is 240 g/mol. The van der Waals surface area contributed by atoms with Crippen molar-refractivity contribution in [3.63, 3.8) is 0 Å². The molecule has 2 atom stereocenters. The molecular formula is C15H28O2. The lowest BCUT2D eigenvalue weighted by Crippen LogP contribution is -2.33. The zero-order valence-electron chi connectivity index (χ0n) is 11.6. The first kappa shape index (κ1) is 14.7. The minimum atomic E-state index is -0.734. The van der Waals surface area contributed by atoms with E-state index in [-0.39, 0.29) is 6.61 Å². The fourth-order valence-corrected chi connectivity index (χ4v) is 3.09. The van der Waals surface area contributed by atoms with E-state index in [1.165, 1.54) is 18.4 Å². The van der Waals surface area contributed by atoms with Crippen LogP contribution in [0.3, 0.4) is 0 Å². The fraction of sp³-hybridized carbons (Fsp3) is 0.867. The SMILES string of the molecule is C=C1CCCC(C)(C)[C@H]1CCC(C)(O)CCO. The van der Waals surface area contributed by atoms with Gasteiger partial charge in [-0.3, -0.25) is 0 Å². The van der Waals surface area contributed by atoms with Crippen molar-refractivity contribution in [3.8, 4) is 0 Å². The molecule has 2 nitrogen and oxygen atoms in total. The molecule has 0 bridgehead atoms. The Morgan fingerprint density at radius 1 is 1.41 bits per heavy atom. The molecule has 0 aromatic rings. The maximum Gasteiger partial charge on any atom is 0.0641 e. The molecule has 1 unspecified atom stereocenters. The molecule has 2 heteroatoms. The summed E-state index contributed by atoms with van der Waals surface area (Å²) < 4.78 is 0. The van der Waals surface area contributed by atoms with Crippen LogP contribution in [0, 0.1) is 11.3 Å². The third kappa shape index (κ3) is 4.11. The van der Waals surface area contributed by atoms with Gasteiger partial charge in [0.05, 0.1) is 5.60 Å². The van der Waals surface area contributed by atoms with Crippen LogP contribution >= 0.6 is 0 Å². The van der Waals surface area contributed by atoms with Gasteiger partial charge in [-0.25, -0.2) is 0 Å². The number of rotatable bonds is 5. The fourth-order valence-electron chi connectivity index (χ4n) is 3.09. The number of aliphatic hydroxyl groups is 2. The van der Waals surface area contributed by atoms with E-state index < -0.39 is 5.60 Å². The van der Waals surface area contributed by atoms with Crippen molar-refractivity contribution in [1.82, 2.24) is 0 Å². The van der Waals surface area contributed by atoms with Crippen LogP contribution in [0.5, 0.6) is 0 Å². The summed E-state index contributed by atoms with van der Waals surface area (Å²) in [6.07, 6.45) is 5.83. The molecule has 100 valence electrons. The van der Waals surface area contributed by atoms with Gasteiger partial charge in [0.15, 0.2) is 0 Å². The van der Waals surface area contributed by atoms with Gasteiger partial charge in [0.25, 0.3) is 0 Å². The molecule has 1 aliphatic carbocycles. The van der Waals surface area contributed by atoms with E-state index in [9.17, 15) is 5.11 Å². The molecule has 1 rings (SSSR count). The van der Waals surface area contributed by atoms with Gasteiger partial charge in [-0.15, -0.1) is 0 Å². The first-order valence-electron chi connectivity index (χ1n) is 6.79. The maximum atomic E-state index is 10.1. The summed E-state index contributed by atoms with van der Waals surface area (Å²) >= 11 is 0. The maximum absolute atomic E-state index is 10.1. The lowest BCUT2D eigenvalue weighted by Gasteiger charge is -2.41. The summed E-state index contributed by atoms with van der Waals surface area (Å²) in [5, 5.41) is 19.0. The summed E-state index contributed by atoms with van der Waals surface area (Å²) in [6.45, 7) is 10.7. The predicted octanol–water partition coefficient (Wildman–Crippen LogP) is 3.28. The summed E-state index contributed by atoms with van der Waals surface area (Å²) in [6, 6.07) is 0. The Kier molecular flexibility index (Phi) is 4.79. The second-order valence-corrected chi connectivity index (χ2v) is 6.56. The van der Waals surface area contributed by atoms with Gasteiger partial charge in [0.1, 0.15) is 0 Å². The molecule has 2 N–H and O–H groups in total. The Balaban J connectivity index is 2.57. The third-order valence-corrected chi connectivity index (χ3v) is 4.38. The quantitative estimate of drug-likeness (QED) is 0.724. The zero-order valence-corrected chi connectivity index (χ0v) is 11.6. The molecule has 0 aromatic heterocycles. The molecular weight excluding hydrogens is 212 g/mol. The van der Waals surface area contributed by atoms with Gasteiger partial charge in [-0.2, -0.15) is 0 Å². The van der Waals surface area contributed by atoms with Crippen LogP contribution < -0.4 is 0 Å². The van der Waals surface area contributed by atoms with Crippen molar-refractivity contribution in [2.75, 3.05) is 6.61 Å². The number of allylic oxidation sites excluding steroid dienone is 1. The van der Waals surface area contributed by atoms with Crippen LogP contribution in [0.1, 0.15) is 59.3 Å². The Labute approximate surface area is 106 Å². The van der Waals surface area contributed by atoms with Crippen molar-refractivity contribution in [3.05, 3.63) is 12.2 Å². The molecule has 0 saturated heterocycles. The molecule has 0 spiro atoms. The highest BCUT2D eigenvalue weighted by molar-refractivity contribution is 5.09. The molecule has 0 aromatic carbocycles. The minimum absolute atomic E-state index is 0.0575. The largest absolute Gasteiger partial charge is 0.396 e. The standard InChI is InChI=1S/C15H28O2/c1-12-6-5-8-14(2,3)13(12)7-9-15(4,17)10-11-16/h13,16-17H,1,5-11H2,2-4H3/t13-,15?/m0/s1. The van der Waals surface area contributed by atoms with Crippen molar-refractivity contribution >= 4 is 0 Å². The van der Waals surface area contributed by atoms with E-state index >= 15 is 0 Å². The van der Waals surface area contributed by atoms with Crippen LogP contribution in [0.2, 0.25) is 0 Å². The Morgan fingerprint density at radius 2 is 2.06 bits per heavy atom. The van der Waals surface area contributed by atoms with E-state index in [1.807, 2.05) is 6.92 Å². The van der Waals surface area contributed by atoms with E-state index in [0.29, 0.717) is 17.8 Å². The van der Waals surface area contributed by atoms with Gasteiger partial charge in [0, 0.05) is 6.61 Å². The Hall–Kier alpha value is -0.340. The van der Waals surface area contributed by atoms with Crippen molar-refractivity contribution < 1.29 is 10.2 Å². The second-order valence-electron chi connectivity index (χ2n) is 6.56. The highest BCUT2D eigenvalue weighted by atomic mass is 16.3. The van der Waals surface area contributed by atoms with Crippen molar-refractivity contribution in [2.24, 2.45) is 11.3 Å². The lowest BCUT2D eigenvalue weighted by molar-refractivity contribution is 0.0142. The van der Waals surface area contributed by atoms with Gasteiger partial charge >= 0.3 is 0 Å². The van der Waals surface area contributed by atoms with Crippen LogP contribution in [0.4, 0.5) is 0 Å². The van der Waals surface area contributed by atoms with E-state index in [0.717, 1.165) is 19.3 Å². The second kappa shape index (κ2) is 5.53. The Morgan fingerprint density at radius 3 is 2.59 bits per heavy atom. The molecule has 0 radical (unpaired) electrons. The summed E-state index contributed by atoms with van der Waals surface area (Å²) in [5.41, 5.74) is 0.925. The smallest absolute Gasteiger partial charge is 0.0641 e. The third-order valence-electron chi connectivity index (χ3n) is 4.38. The molecule has 0 amide bonds. The van der Waals surface area contributed by atoms with Crippen LogP contribution in [-0.2, 0) is 0 Å². The minimum Gasteiger partial charge on any atom is -0.396 e. The first-order chi connectivity index (χ1) is 7.78. The lowest BCUT2D eigenvalue weighted by atomic mass is 9.64. The van der Waals surface area contributed by atoms with Crippen molar-refractivity contribution in [2.45, 2.75) is 64.9 Å². The van der Waals surface area contributed by atoms with Crippen LogP contribution in [0.25, 0.3) is 0 Å². The van der Waals surface area contributed by atoms with Gasteiger partial charge in [-0.1, -0.05) is 26.0 Å². The van der Waals surface area contributed by atoms with Crippen molar-refractivity contribution in [1.29, 1.82) is 0 Å². The predicted molar refractivity (Wildman–Crippen MR) is 71.8 cm³/mol. The summed E-state index contributed by atoms with van der Waals surface area (Å²) in [4.78, 5) is 0. The summed E-state index contributed by atoms with van der Waals surface area (Å²) in [7, 11) is 0. The first-order valence-corrected chi connectivity index (χ1v) is 6.79. The molecule has 0 aliphatic heterocycles. The van der Waals surface area contributed by atoms with Gasteiger partial charge in [0.2, 0.25) is 0 Å². The number of hydrogen-bond acceptors (Lipinski definition) is 2. The van der Waals surface area contributed by atoms with Crippen LogP contribution in [0.15, 0.2) is 12.2 Å². The molecule has 1 aliphatic rings. The highest BCUT2D eigenvalue weighted by Gasteiger charge is 2.35. The topological polar surface area (TPSA) is 40.5 Å². The van der Waals surface area contributed by atoms with E-state index in [4.69, 9.17) is 5.11 Å². The normalized spacial score (nSPS) is 27.8. The Bertz CT molecular complexity index is 266. The zero-order chi connectivity index (χ0) is 13.1. The molecule has 1 saturated carbocycles. The monoisotopic (exact) mass is 240 g/mol. The summed E-state index contributed by atoms with van der Waals surface area (Å²) in [5.74, 6) is 0.515. The van der Waals surface area contributed by atoms with E-state index in [1.54, 1.807) is 0 Å². The van der Waals surface area contributed by atoms with E-state index in [2.05, 4.69) is 20.4 Å².